The van der Waals surface area contributed by atoms with Gasteiger partial charge in [-0.05, 0) is 12.1 Å². The van der Waals surface area contributed by atoms with Crippen LogP contribution in [0.15, 0.2) is 30.7 Å². The number of hydrogen-bond donors (Lipinski definition) is 3. The molecule has 23 heavy (non-hydrogen) atoms. The number of nitrogens with one attached hydrogen (secondary N) is 2. The highest BCUT2D eigenvalue weighted by Crippen LogP contribution is 2.40. The van der Waals surface area contributed by atoms with Crippen molar-refractivity contribution in [3.63, 3.8) is 0 Å². The van der Waals surface area contributed by atoms with Gasteiger partial charge in [0.25, 0.3) is 0 Å². The van der Waals surface area contributed by atoms with Gasteiger partial charge in [-0.25, -0.2) is 4.98 Å². The lowest BCUT2D eigenvalue weighted by atomic mass is 9.97. The third-order valence-corrected chi connectivity index (χ3v) is 3.46. The number of rotatable bonds is 6. The number of carbonyl (C=O) groups is 1. The first kappa shape index (κ1) is 17.1. The van der Waals surface area contributed by atoms with Gasteiger partial charge in [-0.3, -0.25) is 4.79 Å². The summed E-state index contributed by atoms with van der Waals surface area (Å²) in [6.07, 6.45) is -1.61. The first-order valence-electron chi connectivity index (χ1n) is 6.90. The Labute approximate surface area is 130 Å². The molecule has 3 N–H and O–H groups in total. The van der Waals surface area contributed by atoms with Crippen LogP contribution in [0.3, 0.4) is 0 Å². The summed E-state index contributed by atoms with van der Waals surface area (Å²) in [5.74, 6) is -1.52. The Balaban J connectivity index is 2.03. The molecule has 1 amide bonds. The van der Waals surface area contributed by atoms with Gasteiger partial charge in [0.05, 0.1) is 6.42 Å². The number of aromatic amines is 1. The summed E-state index contributed by atoms with van der Waals surface area (Å²) in [7, 11) is 1.32. The van der Waals surface area contributed by atoms with E-state index in [0.29, 0.717) is 6.42 Å². The van der Waals surface area contributed by atoms with Gasteiger partial charge in [0.2, 0.25) is 11.5 Å². The molecule has 0 aliphatic rings. The highest BCUT2D eigenvalue weighted by molar-refractivity contribution is 5.77. The number of amides is 1. The smallest absolute Gasteiger partial charge is 0.374 e. The molecule has 2 heterocycles. The van der Waals surface area contributed by atoms with Crippen molar-refractivity contribution in [1.82, 2.24) is 19.9 Å². The summed E-state index contributed by atoms with van der Waals surface area (Å²) in [5, 5.41) is 12.4. The van der Waals surface area contributed by atoms with Gasteiger partial charge in [0, 0.05) is 44.3 Å². The zero-order valence-electron chi connectivity index (χ0n) is 12.4. The molecular weight excluding hydrogens is 313 g/mol. The van der Waals surface area contributed by atoms with Crippen molar-refractivity contribution < 1.29 is 23.1 Å². The van der Waals surface area contributed by atoms with E-state index in [1.807, 2.05) is 0 Å². The van der Waals surface area contributed by atoms with Crippen molar-refractivity contribution in [3.05, 3.63) is 42.2 Å². The van der Waals surface area contributed by atoms with Crippen LogP contribution in [0.5, 0.6) is 0 Å². The third-order valence-electron chi connectivity index (χ3n) is 3.46. The van der Waals surface area contributed by atoms with Crippen molar-refractivity contribution in [3.8, 4) is 0 Å². The molecule has 1 atom stereocenters. The second-order valence-electron chi connectivity index (χ2n) is 5.19. The fourth-order valence-corrected chi connectivity index (χ4v) is 2.22. The van der Waals surface area contributed by atoms with Gasteiger partial charge in [-0.2, -0.15) is 13.2 Å². The van der Waals surface area contributed by atoms with Crippen LogP contribution in [0.4, 0.5) is 13.2 Å². The van der Waals surface area contributed by atoms with Crippen molar-refractivity contribution in [2.45, 2.75) is 24.6 Å². The van der Waals surface area contributed by atoms with Gasteiger partial charge < -0.3 is 20.0 Å². The fraction of sp³-hybridized carbons (Fsp3) is 0.429. The molecule has 2 aromatic heterocycles. The van der Waals surface area contributed by atoms with Gasteiger partial charge in [0.1, 0.15) is 0 Å². The zero-order valence-corrected chi connectivity index (χ0v) is 12.4. The summed E-state index contributed by atoms with van der Waals surface area (Å²) in [5.41, 5.74) is -2.48. The summed E-state index contributed by atoms with van der Waals surface area (Å²) >= 11 is 0. The van der Waals surface area contributed by atoms with Gasteiger partial charge in [-0.1, -0.05) is 0 Å². The molecule has 0 saturated carbocycles. The van der Waals surface area contributed by atoms with E-state index >= 15 is 0 Å². The van der Waals surface area contributed by atoms with E-state index in [9.17, 15) is 23.1 Å². The molecule has 0 aliphatic carbocycles. The van der Waals surface area contributed by atoms with Crippen LogP contribution in [0.1, 0.15) is 17.9 Å². The van der Waals surface area contributed by atoms with Crippen LogP contribution in [0, 0.1) is 0 Å². The molecule has 0 saturated heterocycles. The van der Waals surface area contributed by atoms with Crippen LogP contribution >= 0.6 is 0 Å². The molecule has 1 unspecified atom stereocenters. The van der Waals surface area contributed by atoms with Crippen molar-refractivity contribution in [2.24, 2.45) is 7.05 Å². The first-order chi connectivity index (χ1) is 10.7. The Kier molecular flexibility index (Phi) is 4.79. The first-order valence-corrected chi connectivity index (χ1v) is 6.90. The number of H-pyrrole nitrogens is 1. The van der Waals surface area contributed by atoms with Gasteiger partial charge >= 0.3 is 6.18 Å². The number of alkyl halides is 3. The Bertz CT molecular complexity index is 651. The molecule has 0 radical (unpaired) electrons. The van der Waals surface area contributed by atoms with E-state index in [1.165, 1.54) is 13.2 Å². The van der Waals surface area contributed by atoms with E-state index < -0.39 is 29.9 Å². The highest BCUT2D eigenvalue weighted by atomic mass is 19.4. The van der Waals surface area contributed by atoms with Crippen LogP contribution in [-0.2, 0) is 23.9 Å². The second kappa shape index (κ2) is 6.45. The lowest BCUT2D eigenvalue weighted by Gasteiger charge is -2.29. The van der Waals surface area contributed by atoms with E-state index in [2.05, 4.69) is 15.3 Å². The Hall–Kier alpha value is -2.29. The minimum atomic E-state index is -5.02. The number of nitrogens with zero attached hydrogens (tertiary/aromatic N) is 2. The molecule has 2 rings (SSSR count). The predicted molar refractivity (Wildman–Crippen MR) is 75.3 cm³/mol. The largest absolute Gasteiger partial charge is 0.425 e. The maximum absolute atomic E-state index is 13.3. The fourth-order valence-electron chi connectivity index (χ4n) is 2.22. The topological polar surface area (TPSA) is 82.9 Å². The number of hydrogen-bond acceptors (Lipinski definition) is 3. The normalized spacial score (nSPS) is 14.5. The maximum atomic E-state index is 13.3. The van der Waals surface area contributed by atoms with Crippen molar-refractivity contribution in [1.29, 1.82) is 0 Å². The van der Waals surface area contributed by atoms with E-state index in [4.69, 9.17) is 0 Å². The lowest BCUT2D eigenvalue weighted by Crippen LogP contribution is -2.48. The molecule has 2 aromatic rings. The summed E-state index contributed by atoms with van der Waals surface area (Å²) in [6.45, 7) is 0.161. The number of aromatic nitrogens is 3. The Morgan fingerprint density at radius 3 is 2.74 bits per heavy atom. The number of halogens is 3. The Morgan fingerprint density at radius 2 is 2.22 bits per heavy atom. The standard InChI is InChI=1S/C14H17F3N4O2/c1-21-8-7-20-12(21)13(23,14(15,16)17)9-11(22)19-6-4-10-3-2-5-18-10/h2-3,5,7-8,18,23H,4,6,9H2,1H3,(H,19,22). The predicted octanol–water partition coefficient (Wildman–Crippen LogP) is 1.25. The SMILES string of the molecule is Cn1ccnc1C(O)(CC(=O)NCCc1ccc[nH]1)C(F)(F)F. The highest BCUT2D eigenvalue weighted by Gasteiger charge is 2.58. The average Bonchev–Trinajstić information content (AvgIpc) is 3.08. The van der Waals surface area contributed by atoms with E-state index in [0.717, 1.165) is 16.5 Å². The molecule has 0 spiro atoms. The average molecular weight is 330 g/mol. The monoisotopic (exact) mass is 330 g/mol. The minimum Gasteiger partial charge on any atom is -0.374 e. The van der Waals surface area contributed by atoms with Crippen molar-refractivity contribution >= 4 is 5.91 Å². The molecule has 126 valence electrons. The third kappa shape index (κ3) is 3.73. The molecule has 0 aromatic carbocycles. The molecule has 9 heteroatoms. The Morgan fingerprint density at radius 1 is 1.48 bits per heavy atom. The summed E-state index contributed by atoms with van der Waals surface area (Å²) in [4.78, 5) is 18.3. The van der Waals surface area contributed by atoms with Crippen LogP contribution in [0.2, 0.25) is 0 Å². The van der Waals surface area contributed by atoms with Crippen molar-refractivity contribution in [2.75, 3.05) is 6.54 Å². The number of imidazole rings is 1. The zero-order chi connectivity index (χ0) is 17.1. The molecule has 0 aliphatic heterocycles. The molecule has 0 fully saturated rings. The van der Waals surface area contributed by atoms with E-state index in [1.54, 1.807) is 18.3 Å². The lowest BCUT2D eigenvalue weighted by molar-refractivity contribution is -0.271. The van der Waals surface area contributed by atoms with E-state index in [-0.39, 0.29) is 6.54 Å². The number of carbonyl (C=O) groups excluding carboxylic acids is 1. The second-order valence-corrected chi connectivity index (χ2v) is 5.19. The summed E-state index contributed by atoms with van der Waals surface area (Å²) in [6, 6.07) is 3.58. The molecular formula is C14H17F3N4O2. The maximum Gasteiger partial charge on any atom is 0.425 e. The minimum absolute atomic E-state index is 0.161. The van der Waals surface area contributed by atoms with Crippen LogP contribution in [-0.4, -0.2) is 38.3 Å². The number of aryl methyl sites for hydroxylation is 1. The van der Waals surface area contributed by atoms with Gasteiger partial charge in [0.15, 0.2) is 5.82 Å². The summed E-state index contributed by atoms with van der Waals surface area (Å²) < 4.78 is 40.8. The quantitative estimate of drug-likeness (QED) is 0.745. The van der Waals surface area contributed by atoms with Gasteiger partial charge in [-0.15, -0.1) is 0 Å². The van der Waals surface area contributed by atoms with Crippen LogP contribution < -0.4 is 5.32 Å². The number of aliphatic hydroxyl groups is 1. The van der Waals surface area contributed by atoms with Crippen LogP contribution in [0.25, 0.3) is 0 Å². The molecule has 0 bridgehead atoms. The molecule has 6 nitrogen and oxygen atoms in total.